The quantitative estimate of drug-likeness (QED) is 0.499. The van der Waals surface area contributed by atoms with Crippen LogP contribution in [-0.2, 0) is 0 Å². The predicted molar refractivity (Wildman–Crippen MR) is 46.1 cm³/mol. The van der Waals surface area contributed by atoms with Crippen molar-refractivity contribution >= 4 is 0 Å². The van der Waals surface area contributed by atoms with E-state index in [1.807, 2.05) is 0 Å². The number of rotatable bonds is 1. The van der Waals surface area contributed by atoms with E-state index in [9.17, 15) is 0 Å². The summed E-state index contributed by atoms with van der Waals surface area (Å²) in [4.78, 5) is 0. The highest BCUT2D eigenvalue weighted by molar-refractivity contribution is 5.45. The molecule has 0 bridgehead atoms. The number of hydrogen-bond acceptors (Lipinski definition) is 0. The predicted octanol–water partition coefficient (Wildman–Crippen LogP) is 2.77. The van der Waals surface area contributed by atoms with Gasteiger partial charge < -0.3 is 0 Å². The minimum Gasteiger partial charge on any atom is -0.0833 e. The minimum absolute atomic E-state index is 0.461. The summed E-state index contributed by atoms with van der Waals surface area (Å²) < 4.78 is 0. The molecule has 1 fully saturated rings. The van der Waals surface area contributed by atoms with Gasteiger partial charge in [0.05, 0.1) is 0 Å². The molecule has 3 aliphatic rings. The Morgan fingerprint density at radius 2 is 1.73 bits per heavy atom. The van der Waals surface area contributed by atoms with E-state index in [-0.39, 0.29) is 0 Å². The van der Waals surface area contributed by atoms with Crippen molar-refractivity contribution in [2.45, 2.75) is 20.3 Å². The van der Waals surface area contributed by atoms with E-state index in [0.29, 0.717) is 10.8 Å². The third-order valence-corrected chi connectivity index (χ3v) is 4.45. The first-order valence-corrected chi connectivity index (χ1v) is 4.63. The average molecular weight is 146 g/mol. The number of hydrogen-bond donors (Lipinski definition) is 0. The van der Waals surface area contributed by atoms with Crippen molar-refractivity contribution in [2.24, 2.45) is 22.7 Å². The van der Waals surface area contributed by atoms with E-state index in [4.69, 9.17) is 0 Å². The van der Waals surface area contributed by atoms with Gasteiger partial charge in [0.2, 0.25) is 0 Å². The van der Waals surface area contributed by atoms with Gasteiger partial charge in [-0.3, -0.25) is 0 Å². The number of allylic oxidation sites excluding steroid dienone is 4. The second kappa shape index (κ2) is 1.35. The smallest absolute Gasteiger partial charge is 0.0124 e. The van der Waals surface area contributed by atoms with Gasteiger partial charge in [-0.1, -0.05) is 38.2 Å². The molecule has 0 radical (unpaired) electrons. The van der Waals surface area contributed by atoms with Gasteiger partial charge >= 0.3 is 0 Å². The zero-order valence-corrected chi connectivity index (χ0v) is 7.17. The van der Waals surface area contributed by atoms with Crippen molar-refractivity contribution in [1.29, 1.82) is 0 Å². The fraction of sp³-hybridized carbons (Fsp3) is 0.636. The summed E-state index contributed by atoms with van der Waals surface area (Å²) >= 11 is 0. The van der Waals surface area contributed by atoms with E-state index in [1.54, 1.807) is 0 Å². The summed E-state index contributed by atoms with van der Waals surface area (Å²) in [5.74, 6) is 1.79. The van der Waals surface area contributed by atoms with Crippen LogP contribution in [0.25, 0.3) is 0 Å². The standard InChI is InChI=1S/C11H14/c1-3-11-6-4-8-9(5-7-11)10(8,11)2/h4-9H,3H2,1-2H3. The lowest BCUT2D eigenvalue weighted by Gasteiger charge is -2.28. The molecule has 0 spiro atoms. The van der Waals surface area contributed by atoms with Crippen LogP contribution in [0.5, 0.6) is 0 Å². The maximum Gasteiger partial charge on any atom is 0.0124 e. The molecule has 0 amide bonds. The van der Waals surface area contributed by atoms with Crippen molar-refractivity contribution in [3.8, 4) is 0 Å². The van der Waals surface area contributed by atoms with Crippen molar-refractivity contribution in [1.82, 2.24) is 0 Å². The molecule has 2 atom stereocenters. The summed E-state index contributed by atoms with van der Waals surface area (Å²) in [6.07, 6.45) is 11.0. The van der Waals surface area contributed by atoms with Crippen LogP contribution in [0.2, 0.25) is 0 Å². The molecule has 0 heteroatoms. The Balaban J connectivity index is 2.18. The molecule has 0 N–H and O–H groups in total. The highest BCUT2D eigenvalue weighted by Crippen LogP contribution is 2.78. The lowest BCUT2D eigenvalue weighted by atomic mass is 9.75. The van der Waals surface area contributed by atoms with Crippen LogP contribution in [0.15, 0.2) is 24.3 Å². The highest BCUT2D eigenvalue weighted by Gasteiger charge is 2.72. The Kier molecular flexibility index (Phi) is 0.742. The Hall–Kier alpha value is -0.520. The van der Waals surface area contributed by atoms with Crippen LogP contribution in [0, 0.1) is 22.7 Å². The number of fused-ring (bicyclic) bond motifs is 1. The van der Waals surface area contributed by atoms with E-state index < -0.39 is 0 Å². The summed E-state index contributed by atoms with van der Waals surface area (Å²) in [5.41, 5.74) is 1.07. The van der Waals surface area contributed by atoms with Gasteiger partial charge in [0.25, 0.3) is 0 Å². The maximum absolute atomic E-state index is 2.45. The van der Waals surface area contributed by atoms with Crippen molar-refractivity contribution in [2.75, 3.05) is 0 Å². The second-order valence-electron chi connectivity index (χ2n) is 4.45. The molecule has 1 saturated carbocycles. The van der Waals surface area contributed by atoms with Gasteiger partial charge in [-0.2, -0.15) is 0 Å². The first-order chi connectivity index (χ1) is 5.24. The molecule has 0 aromatic carbocycles. The fourth-order valence-electron chi connectivity index (χ4n) is 3.42. The lowest BCUT2D eigenvalue weighted by Crippen LogP contribution is -2.21. The summed E-state index contributed by atoms with van der Waals surface area (Å²) in [6, 6.07) is 0. The topological polar surface area (TPSA) is 0 Å². The van der Waals surface area contributed by atoms with Crippen molar-refractivity contribution < 1.29 is 0 Å². The monoisotopic (exact) mass is 146 g/mol. The van der Waals surface area contributed by atoms with Crippen LogP contribution in [0.1, 0.15) is 20.3 Å². The van der Waals surface area contributed by atoms with Crippen molar-refractivity contribution in [3.63, 3.8) is 0 Å². The van der Waals surface area contributed by atoms with Crippen LogP contribution in [0.3, 0.4) is 0 Å². The van der Waals surface area contributed by atoms with Gasteiger partial charge in [0.15, 0.2) is 0 Å². The Morgan fingerprint density at radius 3 is 2.09 bits per heavy atom. The largest absolute Gasteiger partial charge is 0.0833 e. The molecule has 0 aromatic rings. The molecule has 58 valence electrons. The van der Waals surface area contributed by atoms with Gasteiger partial charge in [0.1, 0.15) is 0 Å². The zero-order valence-electron chi connectivity index (χ0n) is 7.17. The van der Waals surface area contributed by atoms with E-state index in [1.165, 1.54) is 6.42 Å². The Labute approximate surface area is 68.0 Å². The van der Waals surface area contributed by atoms with E-state index in [0.717, 1.165) is 11.8 Å². The molecule has 0 nitrogen and oxygen atoms in total. The van der Waals surface area contributed by atoms with Crippen molar-refractivity contribution in [3.05, 3.63) is 24.3 Å². The van der Waals surface area contributed by atoms with Crippen LogP contribution >= 0.6 is 0 Å². The normalized spacial score (nSPS) is 62.0. The van der Waals surface area contributed by atoms with Gasteiger partial charge in [0, 0.05) is 5.41 Å². The SMILES string of the molecule is CCC12C=CC3C(C=C1)C32C. The molecule has 3 rings (SSSR count). The first kappa shape index (κ1) is 6.05. The molecule has 3 aliphatic carbocycles. The van der Waals surface area contributed by atoms with E-state index >= 15 is 0 Å². The summed E-state index contributed by atoms with van der Waals surface area (Å²) in [7, 11) is 0. The summed E-state index contributed by atoms with van der Waals surface area (Å²) in [6.45, 7) is 4.76. The van der Waals surface area contributed by atoms with Gasteiger partial charge in [-0.15, -0.1) is 0 Å². The van der Waals surface area contributed by atoms with Crippen LogP contribution in [-0.4, -0.2) is 0 Å². The fourth-order valence-corrected chi connectivity index (χ4v) is 3.42. The third kappa shape index (κ3) is 0.378. The molecular weight excluding hydrogens is 132 g/mol. The third-order valence-electron chi connectivity index (χ3n) is 4.45. The lowest BCUT2D eigenvalue weighted by molar-refractivity contribution is 0.292. The minimum atomic E-state index is 0.461. The average Bonchev–Trinajstić information content (AvgIpc) is 2.45. The van der Waals surface area contributed by atoms with E-state index in [2.05, 4.69) is 38.2 Å². The molecule has 0 saturated heterocycles. The van der Waals surface area contributed by atoms with Gasteiger partial charge in [-0.05, 0) is 23.7 Å². The van der Waals surface area contributed by atoms with Crippen LogP contribution < -0.4 is 0 Å². The second-order valence-corrected chi connectivity index (χ2v) is 4.45. The Bertz CT molecular complexity index is 250. The zero-order chi connectivity index (χ0) is 7.69. The molecule has 11 heavy (non-hydrogen) atoms. The maximum atomic E-state index is 2.45. The molecular formula is C11H14. The molecule has 0 aliphatic heterocycles. The Morgan fingerprint density at radius 1 is 1.18 bits per heavy atom. The molecule has 0 aromatic heterocycles. The molecule has 0 heterocycles. The first-order valence-electron chi connectivity index (χ1n) is 4.63. The van der Waals surface area contributed by atoms with Crippen LogP contribution in [0.4, 0.5) is 0 Å². The summed E-state index contributed by atoms with van der Waals surface area (Å²) in [5, 5.41) is 0. The highest BCUT2D eigenvalue weighted by atomic mass is 14.7. The van der Waals surface area contributed by atoms with Gasteiger partial charge in [-0.25, -0.2) is 0 Å². The molecule has 2 unspecified atom stereocenters.